The number of amides is 1. The van der Waals surface area contributed by atoms with Crippen molar-refractivity contribution in [3.63, 3.8) is 0 Å². The summed E-state index contributed by atoms with van der Waals surface area (Å²) in [6.45, 7) is 3.86. The second-order valence-electron chi connectivity index (χ2n) is 10.2. The molecule has 4 rings (SSSR count). The van der Waals surface area contributed by atoms with Crippen molar-refractivity contribution >= 4 is 39.3 Å². The molecule has 14 heteroatoms. The summed E-state index contributed by atoms with van der Waals surface area (Å²) in [4.78, 5) is 14.4. The molecule has 0 radical (unpaired) electrons. The standard InChI is InChI=1S/C27H32ClF3N2O6S2/c1-27(8-3-4-10-38-27)26(34)32-41(35,36)20-12-21(28)25(23(31)13-20)39-18(7-9-33-14-19(15-33)37-2)16-40-24-6-5-17(29)11-22(24)30/h5-6,11-13,18-19H,3-4,7-10,14-16H2,1-2H3,(H,32,34)/t18-,27-/m1/s1. The highest BCUT2D eigenvalue weighted by molar-refractivity contribution is 7.99. The average molecular weight is 637 g/mol. The van der Waals surface area contributed by atoms with Crippen molar-refractivity contribution in [1.82, 2.24) is 9.62 Å². The van der Waals surface area contributed by atoms with Crippen LogP contribution in [0.5, 0.6) is 5.75 Å². The number of nitrogens with zero attached hydrogens (tertiary/aromatic N) is 1. The van der Waals surface area contributed by atoms with Crippen molar-refractivity contribution in [3.8, 4) is 5.75 Å². The summed E-state index contributed by atoms with van der Waals surface area (Å²) in [6.07, 6.45) is 1.70. The minimum absolute atomic E-state index is 0.131. The summed E-state index contributed by atoms with van der Waals surface area (Å²) >= 11 is 7.37. The molecule has 2 aromatic carbocycles. The molecule has 0 saturated carbocycles. The fourth-order valence-corrected chi connectivity index (χ4v) is 6.89. The summed E-state index contributed by atoms with van der Waals surface area (Å²) in [5.41, 5.74) is -1.31. The van der Waals surface area contributed by atoms with Gasteiger partial charge in [0.15, 0.2) is 11.6 Å². The zero-order valence-electron chi connectivity index (χ0n) is 22.6. The van der Waals surface area contributed by atoms with Gasteiger partial charge in [-0.3, -0.25) is 9.69 Å². The van der Waals surface area contributed by atoms with Crippen molar-refractivity contribution in [3.05, 3.63) is 52.8 Å². The van der Waals surface area contributed by atoms with Gasteiger partial charge in [0.1, 0.15) is 23.3 Å². The molecule has 0 aromatic heterocycles. The van der Waals surface area contributed by atoms with Crippen LogP contribution in [0.25, 0.3) is 0 Å². The first-order valence-corrected chi connectivity index (χ1v) is 15.9. The van der Waals surface area contributed by atoms with Crippen LogP contribution < -0.4 is 9.46 Å². The average Bonchev–Trinajstić information content (AvgIpc) is 2.89. The minimum Gasteiger partial charge on any atom is -0.485 e. The van der Waals surface area contributed by atoms with Crippen LogP contribution in [0.3, 0.4) is 0 Å². The Labute approximate surface area is 246 Å². The summed E-state index contributed by atoms with van der Waals surface area (Å²) < 4.78 is 87.3. The first-order chi connectivity index (χ1) is 19.4. The number of thioether (sulfide) groups is 1. The van der Waals surface area contributed by atoms with Crippen LogP contribution in [-0.4, -0.2) is 76.1 Å². The second kappa shape index (κ2) is 13.5. The van der Waals surface area contributed by atoms with Gasteiger partial charge in [0.05, 0.1) is 16.0 Å². The minimum atomic E-state index is -4.47. The zero-order valence-corrected chi connectivity index (χ0v) is 25.0. The molecule has 0 unspecified atom stereocenters. The Morgan fingerprint density at radius 3 is 2.61 bits per heavy atom. The molecule has 1 amide bonds. The van der Waals surface area contributed by atoms with Crippen molar-refractivity contribution < 1.29 is 40.6 Å². The zero-order chi connectivity index (χ0) is 29.8. The van der Waals surface area contributed by atoms with Crippen molar-refractivity contribution in [1.29, 1.82) is 0 Å². The molecule has 0 bridgehead atoms. The van der Waals surface area contributed by atoms with E-state index >= 15 is 4.39 Å². The highest BCUT2D eigenvalue weighted by Gasteiger charge is 2.38. The van der Waals surface area contributed by atoms with E-state index in [1.165, 1.54) is 13.0 Å². The van der Waals surface area contributed by atoms with E-state index in [2.05, 4.69) is 4.90 Å². The molecule has 2 atom stereocenters. The normalized spacial score (nSPS) is 20.8. The number of carbonyl (C=O) groups excluding carboxylic acids is 1. The van der Waals surface area contributed by atoms with Crippen LogP contribution in [0.15, 0.2) is 40.1 Å². The van der Waals surface area contributed by atoms with Gasteiger partial charge < -0.3 is 14.2 Å². The third-order valence-electron chi connectivity index (χ3n) is 7.09. The quantitative estimate of drug-likeness (QED) is 0.333. The van der Waals surface area contributed by atoms with E-state index in [-0.39, 0.29) is 27.5 Å². The van der Waals surface area contributed by atoms with E-state index in [1.54, 1.807) is 7.11 Å². The lowest BCUT2D eigenvalue weighted by atomic mass is 9.95. The largest absolute Gasteiger partial charge is 0.485 e. The van der Waals surface area contributed by atoms with E-state index in [0.29, 0.717) is 32.4 Å². The van der Waals surface area contributed by atoms with Crippen LogP contribution in [0.2, 0.25) is 5.02 Å². The Bertz CT molecular complexity index is 1330. The molecule has 2 aliphatic rings. The van der Waals surface area contributed by atoms with Crippen LogP contribution in [0.1, 0.15) is 32.6 Å². The highest BCUT2D eigenvalue weighted by Crippen LogP contribution is 2.34. The Morgan fingerprint density at radius 1 is 1.22 bits per heavy atom. The van der Waals surface area contributed by atoms with Gasteiger partial charge in [-0.2, -0.15) is 0 Å². The summed E-state index contributed by atoms with van der Waals surface area (Å²) in [6, 6.07) is 4.95. The van der Waals surface area contributed by atoms with E-state index < -0.39 is 50.0 Å². The molecule has 2 aromatic rings. The second-order valence-corrected chi connectivity index (χ2v) is 13.4. The number of rotatable bonds is 12. The summed E-state index contributed by atoms with van der Waals surface area (Å²) in [5.74, 6) is -3.52. The van der Waals surface area contributed by atoms with E-state index in [9.17, 15) is 22.0 Å². The monoisotopic (exact) mass is 636 g/mol. The number of hydrogen-bond acceptors (Lipinski definition) is 8. The fourth-order valence-electron chi connectivity index (χ4n) is 4.50. The number of sulfonamides is 1. The highest BCUT2D eigenvalue weighted by atomic mass is 35.5. The molecule has 226 valence electrons. The van der Waals surface area contributed by atoms with Gasteiger partial charge in [0.2, 0.25) is 0 Å². The maximum Gasteiger partial charge on any atom is 0.265 e. The van der Waals surface area contributed by atoms with Gasteiger partial charge >= 0.3 is 0 Å². The van der Waals surface area contributed by atoms with Gasteiger partial charge in [0, 0.05) is 50.1 Å². The molecule has 2 fully saturated rings. The molecule has 2 saturated heterocycles. The topological polar surface area (TPSA) is 94.2 Å². The lowest BCUT2D eigenvalue weighted by molar-refractivity contribution is -0.148. The lowest BCUT2D eigenvalue weighted by Crippen LogP contribution is -2.52. The van der Waals surface area contributed by atoms with Crippen LogP contribution in [0.4, 0.5) is 13.2 Å². The maximum atomic E-state index is 15.3. The smallest absolute Gasteiger partial charge is 0.265 e. The van der Waals surface area contributed by atoms with Crippen LogP contribution in [-0.2, 0) is 24.3 Å². The Balaban J connectivity index is 1.48. The molecule has 0 aliphatic carbocycles. The van der Waals surface area contributed by atoms with Crippen molar-refractivity contribution in [2.24, 2.45) is 0 Å². The van der Waals surface area contributed by atoms with Gasteiger partial charge in [-0.1, -0.05) is 11.6 Å². The number of methoxy groups -OCH3 is 1. The number of nitrogens with one attached hydrogen (secondary N) is 1. The predicted molar refractivity (Wildman–Crippen MR) is 148 cm³/mol. The number of ether oxygens (including phenoxy) is 3. The Hall–Kier alpha value is -2.03. The lowest BCUT2D eigenvalue weighted by Gasteiger charge is -2.38. The maximum absolute atomic E-state index is 15.3. The molecule has 2 heterocycles. The van der Waals surface area contributed by atoms with Gasteiger partial charge in [-0.05, 0) is 56.9 Å². The van der Waals surface area contributed by atoms with E-state index in [4.69, 9.17) is 25.8 Å². The molecular weight excluding hydrogens is 605 g/mol. The van der Waals surface area contributed by atoms with Gasteiger partial charge in [0.25, 0.3) is 15.9 Å². The first kappa shape index (κ1) is 31.9. The third kappa shape index (κ3) is 8.08. The Morgan fingerprint density at radius 2 is 1.98 bits per heavy atom. The number of likely N-dealkylation sites (tertiary alicyclic amines) is 1. The van der Waals surface area contributed by atoms with Crippen LogP contribution in [0, 0.1) is 17.5 Å². The molecular formula is C27H32ClF3N2O6S2. The fraction of sp³-hybridized carbons (Fsp3) is 0.519. The number of benzene rings is 2. The molecule has 1 N–H and O–H groups in total. The number of carbonyl (C=O) groups is 1. The van der Waals surface area contributed by atoms with Gasteiger partial charge in [-0.15, -0.1) is 11.8 Å². The van der Waals surface area contributed by atoms with E-state index in [0.717, 1.165) is 55.5 Å². The first-order valence-electron chi connectivity index (χ1n) is 13.1. The van der Waals surface area contributed by atoms with Crippen molar-refractivity contribution in [2.75, 3.05) is 39.1 Å². The van der Waals surface area contributed by atoms with E-state index in [1.807, 2.05) is 4.72 Å². The predicted octanol–water partition coefficient (Wildman–Crippen LogP) is 4.78. The Kier molecular flexibility index (Phi) is 10.5. The van der Waals surface area contributed by atoms with Crippen molar-refractivity contribution in [2.45, 2.75) is 60.2 Å². The molecule has 0 spiro atoms. The molecule has 8 nitrogen and oxygen atoms in total. The number of halogens is 4. The molecule has 41 heavy (non-hydrogen) atoms. The summed E-state index contributed by atoms with van der Waals surface area (Å²) in [7, 11) is -2.84. The van der Waals surface area contributed by atoms with Crippen LogP contribution >= 0.6 is 23.4 Å². The SMILES string of the molecule is COC1CN(CC[C@H](CSc2ccc(F)cc2F)Oc2c(F)cc(S(=O)(=O)NC(=O)[C@@]3(C)CCCCO3)cc2Cl)C1. The third-order valence-corrected chi connectivity index (χ3v) is 9.86. The summed E-state index contributed by atoms with van der Waals surface area (Å²) in [5, 5.41) is -0.315. The van der Waals surface area contributed by atoms with Gasteiger partial charge in [-0.25, -0.2) is 26.3 Å². The molecule has 2 aliphatic heterocycles. The number of hydrogen-bond donors (Lipinski definition) is 1.